The van der Waals surface area contributed by atoms with E-state index in [0.29, 0.717) is 12.5 Å². The fraction of sp³-hybridized carbons (Fsp3) is 0.440. The molecule has 31 heavy (non-hydrogen) atoms. The van der Waals surface area contributed by atoms with Crippen LogP contribution >= 0.6 is 12.4 Å². The van der Waals surface area contributed by atoms with E-state index in [2.05, 4.69) is 29.2 Å². The summed E-state index contributed by atoms with van der Waals surface area (Å²) in [5.74, 6) is 0.906. The van der Waals surface area contributed by atoms with Gasteiger partial charge in [-0.05, 0) is 68.0 Å². The van der Waals surface area contributed by atoms with Crippen molar-refractivity contribution in [3.05, 3.63) is 65.2 Å². The molecule has 0 unspecified atom stereocenters. The van der Waals surface area contributed by atoms with E-state index >= 15 is 0 Å². The van der Waals surface area contributed by atoms with E-state index in [1.807, 2.05) is 34.1 Å². The monoisotopic (exact) mass is 439 g/mol. The van der Waals surface area contributed by atoms with Gasteiger partial charge in [0, 0.05) is 30.9 Å². The number of anilines is 1. The Labute approximate surface area is 190 Å². The molecule has 3 aliphatic rings. The zero-order valence-corrected chi connectivity index (χ0v) is 18.7. The van der Waals surface area contributed by atoms with Gasteiger partial charge in [-0.3, -0.25) is 14.5 Å². The Kier molecular flexibility index (Phi) is 6.63. The molecule has 6 heteroatoms. The van der Waals surface area contributed by atoms with Crippen LogP contribution in [0.3, 0.4) is 0 Å². The van der Waals surface area contributed by atoms with Crippen molar-refractivity contribution < 1.29 is 9.59 Å². The zero-order chi connectivity index (χ0) is 20.5. The fourth-order valence-electron chi connectivity index (χ4n) is 5.17. The van der Waals surface area contributed by atoms with E-state index in [-0.39, 0.29) is 24.2 Å². The first-order valence-corrected chi connectivity index (χ1v) is 11.2. The van der Waals surface area contributed by atoms with Gasteiger partial charge >= 0.3 is 0 Å². The number of nitrogens with zero attached hydrogens (tertiary/aromatic N) is 3. The molecule has 0 spiro atoms. The number of hydrogen-bond acceptors (Lipinski definition) is 3. The summed E-state index contributed by atoms with van der Waals surface area (Å²) in [6.07, 6.45) is 4.19. The van der Waals surface area contributed by atoms with Crippen LogP contribution in [0, 0.1) is 5.92 Å². The summed E-state index contributed by atoms with van der Waals surface area (Å²) in [5.41, 5.74) is 4.39. The Morgan fingerprint density at radius 2 is 1.65 bits per heavy atom. The summed E-state index contributed by atoms with van der Waals surface area (Å²) in [7, 11) is 0. The summed E-state index contributed by atoms with van der Waals surface area (Å²) >= 11 is 0. The first kappa shape index (κ1) is 21.8. The minimum absolute atomic E-state index is 0. The molecular weight excluding hydrogens is 410 g/mol. The van der Waals surface area contributed by atoms with Gasteiger partial charge in [0.15, 0.2) is 0 Å². The number of carbonyl (C=O) groups is 2. The molecule has 5 nitrogen and oxygen atoms in total. The molecule has 2 aromatic carbocycles. The largest absolute Gasteiger partial charge is 0.334 e. The number of hydrogen-bond donors (Lipinski definition) is 0. The molecule has 3 heterocycles. The number of rotatable bonds is 4. The Morgan fingerprint density at radius 3 is 2.42 bits per heavy atom. The average molecular weight is 440 g/mol. The second-order valence-corrected chi connectivity index (χ2v) is 8.84. The van der Waals surface area contributed by atoms with Gasteiger partial charge < -0.3 is 9.80 Å². The van der Waals surface area contributed by atoms with Gasteiger partial charge in [-0.15, -0.1) is 12.4 Å². The number of amides is 2. The van der Waals surface area contributed by atoms with Crippen molar-refractivity contribution in [1.29, 1.82) is 0 Å². The summed E-state index contributed by atoms with van der Waals surface area (Å²) in [5, 5.41) is 0. The van der Waals surface area contributed by atoms with Crippen molar-refractivity contribution >= 4 is 29.9 Å². The molecule has 2 amide bonds. The van der Waals surface area contributed by atoms with Gasteiger partial charge in [-0.25, -0.2) is 0 Å². The lowest BCUT2D eigenvalue weighted by molar-refractivity contribution is -0.120. The maximum Gasteiger partial charge on any atom is 0.254 e. The predicted octanol–water partition coefficient (Wildman–Crippen LogP) is 3.76. The number of likely N-dealkylation sites (tertiary alicyclic amines) is 1. The van der Waals surface area contributed by atoms with Gasteiger partial charge in [0.2, 0.25) is 5.91 Å². The summed E-state index contributed by atoms with van der Waals surface area (Å²) in [6, 6.07) is 16.2. The molecule has 164 valence electrons. The van der Waals surface area contributed by atoms with Crippen LogP contribution in [0.5, 0.6) is 0 Å². The molecule has 0 N–H and O–H groups in total. The lowest BCUT2D eigenvalue weighted by Gasteiger charge is -2.35. The third-order valence-corrected chi connectivity index (χ3v) is 6.85. The normalized spacial score (nSPS) is 19.0. The van der Waals surface area contributed by atoms with Gasteiger partial charge in [0.1, 0.15) is 0 Å². The van der Waals surface area contributed by atoms with E-state index in [1.165, 1.54) is 5.56 Å². The van der Waals surface area contributed by atoms with Crippen molar-refractivity contribution in [3.8, 4) is 0 Å². The van der Waals surface area contributed by atoms with Crippen molar-refractivity contribution in [2.45, 2.75) is 32.2 Å². The summed E-state index contributed by atoms with van der Waals surface area (Å²) in [6.45, 7) is 4.75. The Hall–Kier alpha value is -2.37. The molecular formula is C25H30ClN3O2. The van der Waals surface area contributed by atoms with Crippen LogP contribution in [0.15, 0.2) is 48.5 Å². The molecule has 0 saturated carbocycles. The maximum absolute atomic E-state index is 13.0. The molecule has 1 saturated heterocycles. The lowest BCUT2D eigenvalue weighted by Crippen LogP contribution is -2.46. The first-order chi connectivity index (χ1) is 14.7. The van der Waals surface area contributed by atoms with Crippen LogP contribution < -0.4 is 4.90 Å². The molecule has 0 radical (unpaired) electrons. The number of halogens is 1. The average Bonchev–Trinajstić information content (AvgIpc) is 3.10. The number of piperidine rings is 1. The number of para-hydroxylation sites is 1. The van der Waals surface area contributed by atoms with E-state index in [9.17, 15) is 9.59 Å². The molecule has 0 atom stereocenters. The first-order valence-electron chi connectivity index (χ1n) is 11.2. The van der Waals surface area contributed by atoms with E-state index in [0.717, 1.165) is 75.2 Å². The van der Waals surface area contributed by atoms with Crippen LogP contribution in [0.25, 0.3) is 0 Å². The quantitative estimate of drug-likeness (QED) is 0.728. The van der Waals surface area contributed by atoms with Crippen molar-refractivity contribution in [2.75, 3.05) is 37.6 Å². The number of aryl methyl sites for hydroxylation is 1. The molecule has 0 aliphatic carbocycles. The highest BCUT2D eigenvalue weighted by Crippen LogP contribution is 2.28. The number of fused-ring (bicyclic) bond motifs is 2. The summed E-state index contributed by atoms with van der Waals surface area (Å²) < 4.78 is 0. The molecule has 0 aromatic heterocycles. The number of carbonyl (C=O) groups excluding carboxylic acids is 2. The number of benzene rings is 2. The third kappa shape index (κ3) is 4.48. The van der Waals surface area contributed by atoms with Crippen molar-refractivity contribution in [1.82, 2.24) is 9.80 Å². The van der Waals surface area contributed by atoms with E-state index < -0.39 is 0 Å². The van der Waals surface area contributed by atoms with Crippen molar-refractivity contribution in [3.63, 3.8) is 0 Å². The highest BCUT2D eigenvalue weighted by Gasteiger charge is 2.31. The second-order valence-electron chi connectivity index (χ2n) is 8.84. The second kappa shape index (κ2) is 9.41. The lowest BCUT2D eigenvalue weighted by atomic mass is 9.96. The predicted molar refractivity (Wildman–Crippen MR) is 125 cm³/mol. The Morgan fingerprint density at radius 1 is 0.935 bits per heavy atom. The van der Waals surface area contributed by atoms with Gasteiger partial charge in [-0.1, -0.05) is 36.4 Å². The van der Waals surface area contributed by atoms with E-state index in [4.69, 9.17) is 0 Å². The van der Waals surface area contributed by atoms with Crippen LogP contribution in [-0.4, -0.2) is 54.3 Å². The van der Waals surface area contributed by atoms with Crippen LogP contribution in [0.2, 0.25) is 0 Å². The highest BCUT2D eigenvalue weighted by molar-refractivity contribution is 5.98. The minimum atomic E-state index is 0. The highest BCUT2D eigenvalue weighted by atomic mass is 35.5. The fourth-order valence-corrected chi connectivity index (χ4v) is 5.17. The SMILES string of the molecule is Cl.O=C1c2ccccc2CN1CC1CCN(CC(=O)N2CCCc3ccccc32)CC1. The summed E-state index contributed by atoms with van der Waals surface area (Å²) in [4.78, 5) is 31.9. The smallest absolute Gasteiger partial charge is 0.254 e. The maximum atomic E-state index is 13.0. The molecule has 0 bridgehead atoms. The van der Waals surface area contributed by atoms with Gasteiger partial charge in [0.05, 0.1) is 6.54 Å². The molecule has 1 fully saturated rings. The standard InChI is InChI=1S/C25H29N3O2.ClH/c29-24(28-13-5-8-20-6-2-4-10-23(20)28)18-26-14-11-19(12-15-26)16-27-17-21-7-1-3-9-22(21)25(27)30;/h1-4,6-7,9-10,19H,5,8,11-18H2;1H. The van der Waals surface area contributed by atoms with Crippen molar-refractivity contribution in [2.24, 2.45) is 5.92 Å². The van der Waals surface area contributed by atoms with Gasteiger partial charge in [0.25, 0.3) is 5.91 Å². The van der Waals surface area contributed by atoms with Crippen LogP contribution in [-0.2, 0) is 17.8 Å². The third-order valence-electron chi connectivity index (χ3n) is 6.85. The van der Waals surface area contributed by atoms with E-state index in [1.54, 1.807) is 0 Å². The molecule has 5 rings (SSSR count). The van der Waals surface area contributed by atoms with Crippen LogP contribution in [0.1, 0.15) is 40.7 Å². The van der Waals surface area contributed by atoms with Crippen LogP contribution in [0.4, 0.5) is 5.69 Å². The zero-order valence-electron chi connectivity index (χ0n) is 17.8. The Bertz CT molecular complexity index is 955. The molecule has 2 aromatic rings. The molecule has 3 aliphatic heterocycles. The Balaban J connectivity index is 0.00000231. The topological polar surface area (TPSA) is 43.9 Å². The van der Waals surface area contributed by atoms with Gasteiger partial charge in [-0.2, -0.15) is 0 Å². The minimum Gasteiger partial charge on any atom is -0.334 e.